The standard InChI is InChI=1S/C17H16FNO2/c1-13-8-17(6-5-15(13)4-2-3-7-20)21-12-14-9-16(18)11-19-10-14/h5-6,8-11,20H,3,7,12H2,1H3. The largest absolute Gasteiger partial charge is 0.489 e. The normalized spacial score (nSPS) is 9.86. The highest BCUT2D eigenvalue weighted by molar-refractivity contribution is 5.44. The zero-order chi connectivity index (χ0) is 15.1. The van der Waals surface area contributed by atoms with Gasteiger partial charge >= 0.3 is 0 Å². The Kier molecular flexibility index (Phi) is 5.30. The number of hydrogen-bond donors (Lipinski definition) is 1. The zero-order valence-corrected chi connectivity index (χ0v) is 11.8. The summed E-state index contributed by atoms with van der Waals surface area (Å²) in [6.45, 7) is 2.27. The molecule has 1 aromatic carbocycles. The summed E-state index contributed by atoms with van der Waals surface area (Å²) < 4.78 is 18.6. The Morgan fingerprint density at radius 3 is 2.86 bits per heavy atom. The van der Waals surface area contributed by atoms with Crippen LogP contribution in [0, 0.1) is 24.6 Å². The first-order chi connectivity index (χ1) is 10.2. The maximum Gasteiger partial charge on any atom is 0.141 e. The Labute approximate surface area is 123 Å². The Morgan fingerprint density at radius 2 is 2.14 bits per heavy atom. The predicted octanol–water partition coefficient (Wildman–Crippen LogP) is 2.84. The van der Waals surface area contributed by atoms with E-state index in [-0.39, 0.29) is 19.0 Å². The molecule has 0 radical (unpaired) electrons. The third-order valence-electron chi connectivity index (χ3n) is 2.82. The summed E-state index contributed by atoms with van der Waals surface area (Å²) in [5.41, 5.74) is 2.58. The number of aliphatic hydroxyl groups is 1. The van der Waals surface area contributed by atoms with Crippen molar-refractivity contribution in [3.05, 3.63) is 59.2 Å². The highest BCUT2D eigenvalue weighted by atomic mass is 19.1. The van der Waals surface area contributed by atoms with Crippen LogP contribution >= 0.6 is 0 Å². The Bertz CT molecular complexity index is 674. The molecule has 0 saturated carbocycles. The van der Waals surface area contributed by atoms with Gasteiger partial charge in [0.15, 0.2) is 0 Å². The van der Waals surface area contributed by atoms with Crippen LogP contribution in [0.3, 0.4) is 0 Å². The van der Waals surface area contributed by atoms with Crippen molar-refractivity contribution in [3.8, 4) is 17.6 Å². The number of aryl methyl sites for hydroxylation is 1. The molecule has 0 saturated heterocycles. The second-order valence-electron chi connectivity index (χ2n) is 4.55. The molecule has 3 nitrogen and oxygen atoms in total. The number of halogens is 1. The molecule has 4 heteroatoms. The van der Waals surface area contributed by atoms with Crippen LogP contribution in [-0.2, 0) is 6.61 Å². The summed E-state index contributed by atoms with van der Waals surface area (Å²) in [7, 11) is 0. The number of aliphatic hydroxyl groups excluding tert-OH is 1. The zero-order valence-electron chi connectivity index (χ0n) is 11.8. The first-order valence-corrected chi connectivity index (χ1v) is 6.61. The Morgan fingerprint density at radius 1 is 1.29 bits per heavy atom. The van der Waals surface area contributed by atoms with Gasteiger partial charge in [-0.15, -0.1) is 0 Å². The maximum absolute atomic E-state index is 13.0. The van der Waals surface area contributed by atoms with Gasteiger partial charge < -0.3 is 9.84 Å². The van der Waals surface area contributed by atoms with Crippen LogP contribution < -0.4 is 4.74 Å². The van der Waals surface area contributed by atoms with E-state index in [0.717, 1.165) is 17.3 Å². The average molecular weight is 285 g/mol. The summed E-state index contributed by atoms with van der Waals surface area (Å²) in [6.07, 6.45) is 3.20. The fourth-order valence-electron chi connectivity index (χ4n) is 1.78. The molecule has 1 heterocycles. The summed E-state index contributed by atoms with van der Waals surface area (Å²) in [5, 5.41) is 8.70. The molecule has 0 fully saturated rings. The van der Waals surface area contributed by atoms with Crippen molar-refractivity contribution in [1.29, 1.82) is 0 Å². The first kappa shape index (κ1) is 15.0. The monoisotopic (exact) mass is 285 g/mol. The highest BCUT2D eigenvalue weighted by Crippen LogP contribution is 2.18. The maximum atomic E-state index is 13.0. The van der Waals surface area contributed by atoms with Crippen molar-refractivity contribution in [2.75, 3.05) is 6.61 Å². The fourth-order valence-corrected chi connectivity index (χ4v) is 1.78. The van der Waals surface area contributed by atoms with Crippen LogP contribution in [-0.4, -0.2) is 16.7 Å². The molecule has 0 bridgehead atoms. The number of ether oxygens (including phenoxy) is 1. The van der Waals surface area contributed by atoms with E-state index in [9.17, 15) is 4.39 Å². The van der Waals surface area contributed by atoms with E-state index in [4.69, 9.17) is 9.84 Å². The molecule has 2 rings (SSSR count). The number of nitrogens with zero attached hydrogens (tertiary/aromatic N) is 1. The first-order valence-electron chi connectivity index (χ1n) is 6.61. The lowest BCUT2D eigenvalue weighted by Crippen LogP contribution is -1.97. The van der Waals surface area contributed by atoms with Gasteiger partial charge in [-0.2, -0.15) is 0 Å². The smallest absolute Gasteiger partial charge is 0.141 e. The van der Waals surface area contributed by atoms with E-state index in [1.807, 2.05) is 25.1 Å². The minimum absolute atomic E-state index is 0.0644. The van der Waals surface area contributed by atoms with Crippen molar-refractivity contribution in [2.45, 2.75) is 20.0 Å². The minimum atomic E-state index is -0.373. The third-order valence-corrected chi connectivity index (χ3v) is 2.82. The van der Waals surface area contributed by atoms with Crippen LogP contribution in [0.15, 0.2) is 36.7 Å². The van der Waals surface area contributed by atoms with E-state index in [1.165, 1.54) is 6.07 Å². The van der Waals surface area contributed by atoms with Gasteiger partial charge in [0.1, 0.15) is 18.2 Å². The lowest BCUT2D eigenvalue weighted by molar-refractivity contribution is 0.304. The molecule has 0 atom stereocenters. The Balaban J connectivity index is 2.02. The lowest BCUT2D eigenvalue weighted by atomic mass is 10.1. The number of hydrogen-bond acceptors (Lipinski definition) is 3. The molecule has 1 N–H and O–H groups in total. The average Bonchev–Trinajstić information content (AvgIpc) is 2.47. The van der Waals surface area contributed by atoms with E-state index >= 15 is 0 Å². The molecular weight excluding hydrogens is 269 g/mol. The van der Waals surface area contributed by atoms with Crippen LogP contribution in [0.1, 0.15) is 23.1 Å². The molecule has 108 valence electrons. The number of rotatable bonds is 4. The molecule has 0 unspecified atom stereocenters. The van der Waals surface area contributed by atoms with Gasteiger partial charge in [-0.1, -0.05) is 11.8 Å². The summed E-state index contributed by atoms with van der Waals surface area (Å²) in [4.78, 5) is 3.78. The number of pyridine rings is 1. The van der Waals surface area contributed by atoms with E-state index < -0.39 is 0 Å². The SMILES string of the molecule is Cc1cc(OCc2cncc(F)c2)ccc1C#CCCO. The van der Waals surface area contributed by atoms with Crippen molar-refractivity contribution >= 4 is 0 Å². The summed E-state index contributed by atoms with van der Waals surface area (Å²) in [5.74, 6) is 6.21. The minimum Gasteiger partial charge on any atom is -0.489 e. The van der Waals surface area contributed by atoms with Gasteiger partial charge in [-0.3, -0.25) is 4.98 Å². The van der Waals surface area contributed by atoms with Crippen molar-refractivity contribution < 1.29 is 14.2 Å². The Hall–Kier alpha value is -2.38. The van der Waals surface area contributed by atoms with Crippen LogP contribution in [0.2, 0.25) is 0 Å². The molecule has 1 aromatic heterocycles. The molecule has 0 spiro atoms. The highest BCUT2D eigenvalue weighted by Gasteiger charge is 2.01. The third kappa shape index (κ3) is 4.59. The second-order valence-corrected chi connectivity index (χ2v) is 4.55. The van der Waals surface area contributed by atoms with Gasteiger partial charge in [0.05, 0.1) is 12.8 Å². The molecule has 0 amide bonds. The molecule has 2 aromatic rings. The van der Waals surface area contributed by atoms with Crippen molar-refractivity contribution in [2.24, 2.45) is 0 Å². The quantitative estimate of drug-likeness (QED) is 0.878. The van der Waals surface area contributed by atoms with E-state index in [0.29, 0.717) is 17.7 Å². The van der Waals surface area contributed by atoms with Crippen LogP contribution in [0.25, 0.3) is 0 Å². The lowest BCUT2D eigenvalue weighted by Gasteiger charge is -2.08. The van der Waals surface area contributed by atoms with Crippen LogP contribution in [0.5, 0.6) is 5.75 Å². The van der Waals surface area contributed by atoms with Gasteiger partial charge in [0, 0.05) is 23.7 Å². The van der Waals surface area contributed by atoms with Gasteiger partial charge in [0.2, 0.25) is 0 Å². The second kappa shape index (κ2) is 7.41. The van der Waals surface area contributed by atoms with Crippen LogP contribution in [0.4, 0.5) is 4.39 Å². The fraction of sp³-hybridized carbons (Fsp3) is 0.235. The number of benzene rings is 1. The van der Waals surface area contributed by atoms with E-state index in [1.54, 1.807) is 6.20 Å². The van der Waals surface area contributed by atoms with Gasteiger partial charge in [-0.05, 0) is 36.8 Å². The van der Waals surface area contributed by atoms with Gasteiger partial charge in [0.25, 0.3) is 0 Å². The summed E-state index contributed by atoms with van der Waals surface area (Å²) >= 11 is 0. The van der Waals surface area contributed by atoms with Gasteiger partial charge in [-0.25, -0.2) is 4.39 Å². The summed E-state index contributed by atoms with van der Waals surface area (Å²) in [6, 6.07) is 6.98. The molecular formula is C17H16FNO2. The van der Waals surface area contributed by atoms with Crippen molar-refractivity contribution in [3.63, 3.8) is 0 Å². The topological polar surface area (TPSA) is 42.4 Å². The van der Waals surface area contributed by atoms with E-state index in [2.05, 4.69) is 16.8 Å². The number of aromatic nitrogens is 1. The molecule has 0 aliphatic carbocycles. The molecule has 0 aliphatic rings. The molecule has 21 heavy (non-hydrogen) atoms. The predicted molar refractivity (Wildman–Crippen MR) is 78.3 cm³/mol. The molecule has 0 aliphatic heterocycles. The van der Waals surface area contributed by atoms with Crippen molar-refractivity contribution in [1.82, 2.24) is 4.98 Å².